The number of fused-ring (bicyclic) bond motifs is 4. The van der Waals surface area contributed by atoms with E-state index in [0.717, 1.165) is 45.5 Å². The van der Waals surface area contributed by atoms with Crippen molar-refractivity contribution in [3.05, 3.63) is 92.3 Å². The maximum Gasteiger partial charge on any atom is 0.276 e. The topological polar surface area (TPSA) is 38.5 Å². The molecule has 0 radical (unpaired) electrons. The summed E-state index contributed by atoms with van der Waals surface area (Å²) in [4.78, 5) is 26.4. The van der Waals surface area contributed by atoms with Gasteiger partial charge in [-0.2, -0.15) is 0 Å². The lowest BCUT2D eigenvalue weighted by molar-refractivity contribution is 1.04. The van der Waals surface area contributed by atoms with Crippen LogP contribution >= 0.6 is 11.3 Å². The molecule has 5 aromatic rings. The van der Waals surface area contributed by atoms with Gasteiger partial charge in [0, 0.05) is 21.5 Å². The summed E-state index contributed by atoms with van der Waals surface area (Å²) in [5.41, 5.74) is 2.59. The number of benzene rings is 2. The van der Waals surface area contributed by atoms with Crippen molar-refractivity contribution >= 4 is 54.1 Å². The first-order valence-electron chi connectivity index (χ1n) is 9.35. The van der Waals surface area contributed by atoms with Crippen LogP contribution in [0.25, 0.3) is 42.7 Å². The molecule has 1 aliphatic carbocycles. The van der Waals surface area contributed by atoms with Crippen LogP contribution in [0.15, 0.2) is 75.7 Å². The Kier molecular flexibility index (Phi) is 3.17. The lowest BCUT2D eigenvalue weighted by atomic mass is 9.93. The van der Waals surface area contributed by atoms with Gasteiger partial charge in [0.25, 0.3) is 11.1 Å². The van der Waals surface area contributed by atoms with Gasteiger partial charge in [0.15, 0.2) is 0 Å². The van der Waals surface area contributed by atoms with Gasteiger partial charge in [-0.15, -0.1) is 11.3 Å². The summed E-state index contributed by atoms with van der Waals surface area (Å²) < 4.78 is 2.01. The molecular formula is C24H15NO2S. The smallest absolute Gasteiger partial charge is 0.268 e. The Balaban J connectivity index is 1.96. The molecule has 28 heavy (non-hydrogen) atoms. The molecule has 0 saturated heterocycles. The molecular weight excluding hydrogens is 366 g/mol. The summed E-state index contributed by atoms with van der Waals surface area (Å²) in [6.45, 7) is 0. The monoisotopic (exact) mass is 381 g/mol. The van der Waals surface area contributed by atoms with E-state index < -0.39 is 0 Å². The summed E-state index contributed by atoms with van der Waals surface area (Å²) in [5, 5.41) is 6.25. The molecule has 2 aromatic carbocycles. The second-order valence-electron chi connectivity index (χ2n) is 7.21. The van der Waals surface area contributed by atoms with Gasteiger partial charge in [-0.05, 0) is 59.0 Å². The number of thiophene rings is 1. The van der Waals surface area contributed by atoms with E-state index in [1.54, 1.807) is 0 Å². The van der Waals surface area contributed by atoms with Gasteiger partial charge in [0.2, 0.25) is 0 Å². The van der Waals surface area contributed by atoms with E-state index in [2.05, 4.69) is 30.4 Å². The van der Waals surface area contributed by atoms with E-state index >= 15 is 0 Å². The van der Waals surface area contributed by atoms with Crippen LogP contribution in [0, 0.1) is 0 Å². The van der Waals surface area contributed by atoms with Gasteiger partial charge in [-0.1, -0.05) is 36.4 Å². The Bertz CT molecular complexity index is 1600. The SMILES string of the molecule is O=c1c2ccccc2c2cc(C3=CCCC=C3)cc3c4ccsc4c(=O)n1c23. The van der Waals surface area contributed by atoms with Crippen LogP contribution in [0.4, 0.5) is 0 Å². The van der Waals surface area contributed by atoms with Crippen molar-refractivity contribution in [1.82, 2.24) is 4.40 Å². The predicted octanol–water partition coefficient (Wildman–Crippen LogP) is 5.35. The minimum Gasteiger partial charge on any atom is -0.268 e. The maximum absolute atomic E-state index is 13.2. The maximum atomic E-state index is 13.2. The quantitative estimate of drug-likeness (QED) is 0.290. The highest BCUT2D eigenvalue weighted by Gasteiger charge is 2.19. The van der Waals surface area contributed by atoms with Gasteiger partial charge in [-0.3, -0.25) is 9.59 Å². The molecule has 134 valence electrons. The number of pyridine rings is 2. The fourth-order valence-corrected chi connectivity index (χ4v) is 5.23. The fraction of sp³-hybridized carbons (Fsp3) is 0.0833. The zero-order chi connectivity index (χ0) is 18.8. The van der Waals surface area contributed by atoms with Gasteiger partial charge < -0.3 is 0 Å². The third-order valence-corrected chi connectivity index (χ3v) is 6.57. The Morgan fingerprint density at radius 1 is 0.821 bits per heavy atom. The van der Waals surface area contributed by atoms with Crippen LogP contribution in [-0.2, 0) is 0 Å². The third-order valence-electron chi connectivity index (χ3n) is 5.67. The van der Waals surface area contributed by atoms with Crippen molar-refractivity contribution in [3.63, 3.8) is 0 Å². The van der Waals surface area contributed by atoms with E-state index in [1.165, 1.54) is 21.3 Å². The van der Waals surface area contributed by atoms with Gasteiger partial charge in [-0.25, -0.2) is 4.40 Å². The van der Waals surface area contributed by atoms with Crippen LogP contribution in [0.1, 0.15) is 18.4 Å². The predicted molar refractivity (Wildman–Crippen MR) is 118 cm³/mol. The summed E-state index contributed by atoms with van der Waals surface area (Å²) in [6, 6.07) is 13.8. The van der Waals surface area contributed by atoms with Gasteiger partial charge >= 0.3 is 0 Å². The van der Waals surface area contributed by atoms with Crippen LogP contribution in [0.2, 0.25) is 0 Å². The second kappa shape index (κ2) is 5.63. The van der Waals surface area contributed by atoms with E-state index in [-0.39, 0.29) is 11.1 Å². The minimum absolute atomic E-state index is 0.220. The molecule has 0 N–H and O–H groups in total. The highest BCUT2D eigenvalue weighted by Crippen LogP contribution is 2.35. The molecule has 0 fully saturated rings. The molecule has 0 saturated carbocycles. The number of rotatable bonds is 1. The van der Waals surface area contributed by atoms with Crippen LogP contribution in [0.3, 0.4) is 0 Å². The number of nitrogens with zero attached hydrogens (tertiary/aromatic N) is 1. The van der Waals surface area contributed by atoms with Crippen molar-refractivity contribution in [3.8, 4) is 0 Å². The Morgan fingerprint density at radius 3 is 2.39 bits per heavy atom. The normalized spacial score (nSPS) is 14.5. The van der Waals surface area contributed by atoms with Crippen LogP contribution in [-0.4, -0.2) is 4.40 Å². The molecule has 3 aromatic heterocycles. The molecule has 0 spiro atoms. The average Bonchev–Trinajstić information content (AvgIpc) is 3.24. The second-order valence-corrected chi connectivity index (χ2v) is 8.13. The summed E-state index contributed by atoms with van der Waals surface area (Å²) in [6.07, 6.45) is 8.72. The van der Waals surface area contributed by atoms with Gasteiger partial charge in [0.1, 0.15) is 4.70 Å². The molecule has 3 nitrogen and oxygen atoms in total. The summed E-state index contributed by atoms with van der Waals surface area (Å²) in [7, 11) is 0. The first-order valence-corrected chi connectivity index (χ1v) is 10.2. The molecule has 1 aliphatic rings. The third kappa shape index (κ3) is 1.98. The zero-order valence-corrected chi connectivity index (χ0v) is 15.8. The molecule has 3 heterocycles. The number of hydrogen-bond acceptors (Lipinski definition) is 3. The largest absolute Gasteiger partial charge is 0.276 e. The first-order chi connectivity index (χ1) is 13.7. The van der Waals surface area contributed by atoms with Crippen molar-refractivity contribution in [2.24, 2.45) is 0 Å². The minimum atomic E-state index is -0.238. The summed E-state index contributed by atoms with van der Waals surface area (Å²) in [5.74, 6) is 0. The van der Waals surface area contributed by atoms with Crippen molar-refractivity contribution in [2.75, 3.05) is 0 Å². The highest BCUT2D eigenvalue weighted by molar-refractivity contribution is 7.17. The van der Waals surface area contributed by atoms with Crippen molar-refractivity contribution in [1.29, 1.82) is 0 Å². The lowest BCUT2D eigenvalue weighted by Crippen LogP contribution is -2.26. The zero-order valence-electron chi connectivity index (χ0n) is 14.9. The summed E-state index contributed by atoms with van der Waals surface area (Å²) >= 11 is 1.40. The van der Waals surface area contributed by atoms with E-state index in [4.69, 9.17) is 0 Å². The number of hydrogen-bond donors (Lipinski definition) is 0. The molecule has 0 unspecified atom stereocenters. The Morgan fingerprint density at radius 2 is 1.61 bits per heavy atom. The van der Waals surface area contributed by atoms with Crippen LogP contribution < -0.4 is 11.1 Å². The fourth-order valence-electron chi connectivity index (χ4n) is 4.39. The number of aromatic nitrogens is 1. The molecule has 0 atom stereocenters. The van der Waals surface area contributed by atoms with E-state index in [9.17, 15) is 9.59 Å². The molecule has 0 amide bonds. The van der Waals surface area contributed by atoms with E-state index in [1.807, 2.05) is 35.7 Å². The molecule has 6 rings (SSSR count). The number of allylic oxidation sites excluding steroid dienone is 4. The van der Waals surface area contributed by atoms with Crippen molar-refractivity contribution < 1.29 is 0 Å². The van der Waals surface area contributed by atoms with Gasteiger partial charge in [0.05, 0.1) is 5.52 Å². The molecule has 0 aliphatic heterocycles. The van der Waals surface area contributed by atoms with Crippen molar-refractivity contribution in [2.45, 2.75) is 12.8 Å². The standard InChI is InChI=1S/C24H15NO2S/c26-23-18-9-5-4-8-16(18)19-12-15(14-6-2-1-3-7-14)13-20-17-10-11-28-22(17)24(27)25(23)21(19)20/h2,4-13H,1,3H2. The van der Waals surface area contributed by atoms with Crippen LogP contribution in [0.5, 0.6) is 0 Å². The Labute approximate surface area is 163 Å². The lowest BCUT2D eigenvalue weighted by Gasteiger charge is -2.15. The molecule has 4 heteroatoms. The first kappa shape index (κ1) is 15.8. The highest BCUT2D eigenvalue weighted by atomic mass is 32.1. The molecule has 0 bridgehead atoms. The van der Waals surface area contributed by atoms with E-state index in [0.29, 0.717) is 10.1 Å². The Hall–Kier alpha value is -3.24. The average molecular weight is 381 g/mol.